The highest BCUT2D eigenvalue weighted by molar-refractivity contribution is 9.11. The zero-order chi connectivity index (χ0) is 23.9. The van der Waals surface area contributed by atoms with Gasteiger partial charge in [-0.15, -0.1) is 0 Å². The molecule has 0 aliphatic carbocycles. The predicted molar refractivity (Wildman–Crippen MR) is 141 cm³/mol. The number of hydrogen-bond donors (Lipinski definition) is 4. The fourth-order valence-electron chi connectivity index (χ4n) is 2.84. The third-order valence-electron chi connectivity index (χ3n) is 4.44. The molecule has 0 unspecified atom stereocenters. The lowest BCUT2D eigenvalue weighted by atomic mass is 10.2. The molecule has 3 aromatic carbocycles. The summed E-state index contributed by atoms with van der Waals surface area (Å²) in [7, 11) is 1.61. The van der Waals surface area contributed by atoms with Gasteiger partial charge in [-0.1, -0.05) is 34.1 Å². The molecule has 172 valence electrons. The van der Waals surface area contributed by atoms with Crippen molar-refractivity contribution in [2.45, 2.75) is 0 Å². The van der Waals surface area contributed by atoms with Crippen molar-refractivity contribution in [3.05, 3.63) is 81.2 Å². The van der Waals surface area contributed by atoms with E-state index in [-0.39, 0.29) is 11.7 Å². The maximum atomic E-state index is 10.2. The number of rotatable bonds is 8. The Morgan fingerprint density at radius 1 is 0.853 bits per heavy atom. The summed E-state index contributed by atoms with van der Waals surface area (Å²) in [6.07, 6.45) is 1.47. The Kier molecular flexibility index (Phi) is 7.55. The van der Waals surface area contributed by atoms with Crippen LogP contribution in [0, 0.1) is 0 Å². The van der Waals surface area contributed by atoms with Crippen LogP contribution in [0.1, 0.15) is 5.56 Å². The minimum absolute atomic E-state index is 0.0673. The van der Waals surface area contributed by atoms with Gasteiger partial charge in [-0.2, -0.15) is 20.1 Å². The van der Waals surface area contributed by atoms with Gasteiger partial charge in [-0.25, -0.2) is 5.43 Å². The van der Waals surface area contributed by atoms with Gasteiger partial charge in [-0.05, 0) is 64.5 Å². The summed E-state index contributed by atoms with van der Waals surface area (Å²) < 4.78 is 6.54. The molecule has 4 rings (SSSR count). The number of nitrogens with one attached hydrogen (secondary N) is 3. The Morgan fingerprint density at radius 2 is 1.47 bits per heavy atom. The van der Waals surface area contributed by atoms with E-state index in [1.54, 1.807) is 19.2 Å². The van der Waals surface area contributed by atoms with Gasteiger partial charge in [0.2, 0.25) is 17.8 Å². The molecule has 0 saturated heterocycles. The molecule has 0 spiro atoms. The Hall–Kier alpha value is -3.70. The maximum Gasteiger partial charge on any atom is 0.250 e. The molecule has 0 bridgehead atoms. The number of para-hydroxylation sites is 1. The zero-order valence-electron chi connectivity index (χ0n) is 17.8. The molecule has 1 heterocycles. The predicted octanol–water partition coefficient (Wildman–Crippen LogP) is 6.04. The first-order valence-corrected chi connectivity index (χ1v) is 11.5. The van der Waals surface area contributed by atoms with Gasteiger partial charge in [0.15, 0.2) is 0 Å². The molecule has 9 nitrogen and oxygen atoms in total. The lowest BCUT2D eigenvalue weighted by Crippen LogP contribution is -2.07. The van der Waals surface area contributed by atoms with Gasteiger partial charge in [0.1, 0.15) is 11.5 Å². The van der Waals surface area contributed by atoms with Gasteiger partial charge in [0.25, 0.3) is 0 Å². The normalized spacial score (nSPS) is 10.8. The van der Waals surface area contributed by atoms with E-state index < -0.39 is 0 Å². The highest BCUT2D eigenvalue weighted by Gasteiger charge is 2.09. The monoisotopic (exact) mass is 583 g/mol. The van der Waals surface area contributed by atoms with Gasteiger partial charge in [0.05, 0.1) is 17.8 Å². The van der Waals surface area contributed by atoms with Crippen molar-refractivity contribution in [2.24, 2.45) is 5.10 Å². The van der Waals surface area contributed by atoms with E-state index in [1.165, 1.54) is 6.21 Å². The zero-order valence-corrected chi connectivity index (χ0v) is 21.0. The van der Waals surface area contributed by atoms with Crippen molar-refractivity contribution in [2.75, 3.05) is 23.2 Å². The van der Waals surface area contributed by atoms with Crippen LogP contribution in [0.4, 0.5) is 29.2 Å². The summed E-state index contributed by atoms with van der Waals surface area (Å²) in [6.45, 7) is 0. The Morgan fingerprint density at radius 3 is 2.12 bits per heavy atom. The fourth-order valence-corrected chi connectivity index (χ4v) is 4.09. The van der Waals surface area contributed by atoms with Crippen molar-refractivity contribution in [3.8, 4) is 11.5 Å². The molecule has 0 aliphatic heterocycles. The Balaban J connectivity index is 1.59. The third-order valence-corrected chi connectivity index (χ3v) is 5.50. The van der Waals surface area contributed by atoms with Crippen molar-refractivity contribution in [1.82, 2.24) is 15.0 Å². The molecule has 0 aliphatic rings. The van der Waals surface area contributed by atoms with E-state index in [2.05, 4.69) is 68.0 Å². The van der Waals surface area contributed by atoms with Crippen LogP contribution in [0.25, 0.3) is 0 Å². The van der Waals surface area contributed by atoms with Crippen LogP contribution in [0.5, 0.6) is 11.5 Å². The molecule has 0 radical (unpaired) electrons. The number of ether oxygens (including phenoxy) is 1. The first-order valence-electron chi connectivity index (χ1n) is 9.96. The lowest BCUT2D eigenvalue weighted by Gasteiger charge is -2.10. The number of hydrazone groups is 1. The highest BCUT2D eigenvalue weighted by Crippen LogP contribution is 2.30. The van der Waals surface area contributed by atoms with E-state index in [1.807, 2.05) is 54.6 Å². The van der Waals surface area contributed by atoms with Gasteiger partial charge in [0, 0.05) is 21.4 Å². The molecule has 4 aromatic rings. The molecule has 0 fully saturated rings. The second-order valence-corrected chi connectivity index (χ2v) is 8.62. The quantitative estimate of drug-likeness (QED) is 0.146. The number of phenols is 1. The molecule has 0 saturated carbocycles. The number of aromatic nitrogens is 3. The standard InChI is InChI=1S/C23H19Br2N7O2/c1-34-18-9-7-17(8-10-18)28-22-29-21(27-16-5-3-2-4-6-16)30-23(31-22)32-26-13-14-11-15(24)12-19(25)20(14)33/h2-13,33H,1H3,(H3,27,28,29,30,31,32)/b26-13-. The largest absolute Gasteiger partial charge is 0.506 e. The summed E-state index contributed by atoms with van der Waals surface area (Å²) in [5, 5.41) is 20.7. The maximum absolute atomic E-state index is 10.2. The molecule has 11 heteroatoms. The third kappa shape index (κ3) is 6.21. The highest BCUT2D eigenvalue weighted by atomic mass is 79.9. The number of nitrogens with zero attached hydrogens (tertiary/aromatic N) is 4. The van der Waals surface area contributed by atoms with Crippen LogP contribution >= 0.6 is 31.9 Å². The molecule has 0 amide bonds. The van der Waals surface area contributed by atoms with Crippen molar-refractivity contribution in [1.29, 1.82) is 0 Å². The first kappa shape index (κ1) is 23.5. The van der Waals surface area contributed by atoms with Crippen LogP contribution in [0.15, 0.2) is 80.8 Å². The number of aromatic hydroxyl groups is 1. The molecular formula is C23H19Br2N7O2. The fraction of sp³-hybridized carbons (Fsp3) is 0.0435. The summed E-state index contributed by atoms with van der Waals surface area (Å²) in [5.41, 5.74) is 4.89. The molecular weight excluding hydrogens is 566 g/mol. The Bertz CT molecular complexity index is 1300. The van der Waals surface area contributed by atoms with E-state index in [9.17, 15) is 5.11 Å². The molecule has 1 aromatic heterocycles. The number of phenolic OH excluding ortho intramolecular Hbond substituents is 1. The average molecular weight is 585 g/mol. The lowest BCUT2D eigenvalue weighted by molar-refractivity contribution is 0.415. The summed E-state index contributed by atoms with van der Waals surface area (Å²) in [6, 6.07) is 20.4. The van der Waals surface area contributed by atoms with Crippen molar-refractivity contribution >= 4 is 67.3 Å². The van der Waals surface area contributed by atoms with E-state index in [4.69, 9.17) is 4.74 Å². The van der Waals surface area contributed by atoms with Gasteiger partial charge in [-0.3, -0.25) is 0 Å². The number of anilines is 5. The van der Waals surface area contributed by atoms with Crippen molar-refractivity contribution in [3.63, 3.8) is 0 Å². The average Bonchev–Trinajstić information content (AvgIpc) is 2.83. The second kappa shape index (κ2) is 10.9. The summed E-state index contributed by atoms with van der Waals surface area (Å²) in [5.74, 6) is 1.64. The smallest absolute Gasteiger partial charge is 0.250 e. The van der Waals surface area contributed by atoms with Crippen LogP contribution in [-0.2, 0) is 0 Å². The second-order valence-electron chi connectivity index (χ2n) is 6.85. The van der Waals surface area contributed by atoms with E-state index in [0.29, 0.717) is 21.9 Å². The van der Waals surface area contributed by atoms with Crippen molar-refractivity contribution < 1.29 is 9.84 Å². The molecule has 34 heavy (non-hydrogen) atoms. The SMILES string of the molecule is COc1ccc(Nc2nc(N/N=C\c3cc(Br)cc(Br)c3O)nc(Nc3ccccc3)n2)cc1. The summed E-state index contributed by atoms with van der Waals surface area (Å²) in [4.78, 5) is 13.2. The van der Waals surface area contributed by atoms with Crippen LogP contribution < -0.4 is 20.8 Å². The summed E-state index contributed by atoms with van der Waals surface area (Å²) >= 11 is 6.70. The van der Waals surface area contributed by atoms with Gasteiger partial charge >= 0.3 is 0 Å². The first-order chi connectivity index (χ1) is 16.5. The number of benzene rings is 3. The minimum atomic E-state index is 0.0673. The van der Waals surface area contributed by atoms with E-state index in [0.717, 1.165) is 21.6 Å². The number of halogens is 2. The van der Waals surface area contributed by atoms with Crippen LogP contribution in [0.3, 0.4) is 0 Å². The Labute approximate surface area is 212 Å². The molecule has 4 N–H and O–H groups in total. The van der Waals surface area contributed by atoms with Crippen LogP contribution in [-0.4, -0.2) is 33.4 Å². The van der Waals surface area contributed by atoms with Gasteiger partial charge < -0.3 is 20.5 Å². The van der Waals surface area contributed by atoms with Crippen LogP contribution in [0.2, 0.25) is 0 Å². The molecule has 0 atom stereocenters. The number of hydrogen-bond acceptors (Lipinski definition) is 9. The topological polar surface area (TPSA) is 117 Å². The minimum Gasteiger partial charge on any atom is -0.506 e. The number of methoxy groups -OCH3 is 1. The van der Waals surface area contributed by atoms with E-state index >= 15 is 0 Å².